The Labute approximate surface area is 119 Å². The average Bonchev–Trinajstić information content (AvgIpc) is 2.40. The molecule has 2 N–H and O–H groups in total. The summed E-state index contributed by atoms with van der Waals surface area (Å²) in [5, 5.41) is -0.310. The molecule has 0 aliphatic heterocycles. The van der Waals surface area contributed by atoms with Gasteiger partial charge in [-0.3, -0.25) is 0 Å². The molecule has 0 spiro atoms. The van der Waals surface area contributed by atoms with Gasteiger partial charge in [-0.25, -0.2) is 22.0 Å². The third kappa shape index (κ3) is 2.19. The van der Waals surface area contributed by atoms with Crippen molar-refractivity contribution < 1.29 is 22.0 Å². The lowest BCUT2D eigenvalue weighted by molar-refractivity contribution is 0.381. The maximum absolute atomic E-state index is 13.6. The van der Waals surface area contributed by atoms with Gasteiger partial charge in [-0.1, -0.05) is 23.2 Å². The van der Waals surface area contributed by atoms with Crippen LogP contribution in [0.25, 0.3) is 11.1 Å². The number of benzene rings is 2. The van der Waals surface area contributed by atoms with Crippen LogP contribution >= 0.6 is 23.2 Å². The van der Waals surface area contributed by atoms with Crippen molar-refractivity contribution in [3.63, 3.8) is 0 Å². The van der Waals surface area contributed by atoms with Gasteiger partial charge in [0.05, 0.1) is 21.3 Å². The molecule has 0 fully saturated rings. The van der Waals surface area contributed by atoms with E-state index < -0.39 is 40.2 Å². The Hall–Kier alpha value is -1.53. The van der Waals surface area contributed by atoms with Crippen molar-refractivity contribution in [1.29, 1.82) is 0 Å². The van der Waals surface area contributed by atoms with Gasteiger partial charge in [0.25, 0.3) is 0 Å². The maximum atomic E-state index is 13.6. The van der Waals surface area contributed by atoms with Crippen molar-refractivity contribution in [3.05, 3.63) is 51.3 Å². The van der Waals surface area contributed by atoms with Gasteiger partial charge in [0, 0.05) is 5.56 Å². The SMILES string of the molecule is Nc1cc(-c2c(F)c(F)c(F)c(F)c2F)c(Cl)cc1Cl. The highest BCUT2D eigenvalue weighted by atomic mass is 35.5. The molecule has 20 heavy (non-hydrogen) atoms. The molecule has 0 saturated heterocycles. The predicted octanol–water partition coefficient (Wildman–Crippen LogP) is 4.94. The molecule has 1 nitrogen and oxygen atoms in total. The number of hydrogen-bond acceptors (Lipinski definition) is 1. The molecule has 0 heterocycles. The fourth-order valence-electron chi connectivity index (χ4n) is 1.60. The van der Waals surface area contributed by atoms with Crippen LogP contribution in [0.15, 0.2) is 12.1 Å². The zero-order valence-corrected chi connectivity index (χ0v) is 10.9. The van der Waals surface area contributed by atoms with Crippen LogP contribution in [-0.4, -0.2) is 0 Å². The van der Waals surface area contributed by atoms with E-state index in [1.807, 2.05) is 0 Å². The highest BCUT2D eigenvalue weighted by molar-refractivity contribution is 6.37. The Morgan fingerprint density at radius 3 is 1.65 bits per heavy atom. The standard InChI is InChI=1S/C12H4Cl2F5N/c13-4-2-5(14)6(20)1-3(4)7-8(15)10(17)12(19)11(18)9(7)16/h1-2H,20H2. The van der Waals surface area contributed by atoms with E-state index >= 15 is 0 Å². The first-order valence-corrected chi connectivity index (χ1v) is 5.77. The average molecular weight is 328 g/mol. The molecular formula is C12H4Cl2F5N. The smallest absolute Gasteiger partial charge is 0.200 e. The number of rotatable bonds is 1. The quantitative estimate of drug-likeness (QED) is 0.341. The van der Waals surface area contributed by atoms with Gasteiger partial charge in [0.2, 0.25) is 5.82 Å². The molecule has 0 aliphatic rings. The second-order valence-electron chi connectivity index (χ2n) is 3.80. The summed E-state index contributed by atoms with van der Waals surface area (Å²) in [6.45, 7) is 0. The normalized spacial score (nSPS) is 10.9. The summed E-state index contributed by atoms with van der Waals surface area (Å²) < 4.78 is 66.5. The number of halogens is 7. The van der Waals surface area contributed by atoms with E-state index in [-0.39, 0.29) is 15.7 Å². The molecule has 106 valence electrons. The lowest BCUT2D eigenvalue weighted by Crippen LogP contribution is -2.04. The molecule has 0 saturated carbocycles. The van der Waals surface area contributed by atoms with Crippen molar-refractivity contribution >= 4 is 28.9 Å². The highest BCUT2D eigenvalue weighted by Crippen LogP contribution is 2.38. The molecule has 8 heteroatoms. The van der Waals surface area contributed by atoms with E-state index in [9.17, 15) is 22.0 Å². The van der Waals surface area contributed by atoms with E-state index in [0.29, 0.717) is 0 Å². The zero-order valence-electron chi connectivity index (χ0n) is 9.38. The Bertz CT molecular complexity index is 689. The fraction of sp³-hybridized carbons (Fsp3) is 0. The number of nitrogens with two attached hydrogens (primary N) is 1. The summed E-state index contributed by atoms with van der Waals surface area (Å²) in [6, 6.07) is 1.98. The Morgan fingerprint density at radius 2 is 1.15 bits per heavy atom. The minimum Gasteiger partial charge on any atom is -0.398 e. The topological polar surface area (TPSA) is 26.0 Å². The van der Waals surface area contributed by atoms with Crippen LogP contribution in [-0.2, 0) is 0 Å². The molecule has 2 rings (SSSR count). The monoisotopic (exact) mass is 327 g/mol. The molecule has 2 aromatic carbocycles. The van der Waals surface area contributed by atoms with Gasteiger partial charge in [0.15, 0.2) is 23.3 Å². The highest BCUT2D eigenvalue weighted by Gasteiger charge is 2.28. The second kappa shape index (κ2) is 5.10. The van der Waals surface area contributed by atoms with Crippen molar-refractivity contribution in [2.45, 2.75) is 0 Å². The van der Waals surface area contributed by atoms with Gasteiger partial charge >= 0.3 is 0 Å². The van der Waals surface area contributed by atoms with Gasteiger partial charge in [-0.2, -0.15) is 0 Å². The van der Waals surface area contributed by atoms with E-state index in [4.69, 9.17) is 28.9 Å². The summed E-state index contributed by atoms with van der Waals surface area (Å²) in [5.41, 5.74) is 3.72. The summed E-state index contributed by atoms with van der Waals surface area (Å²) in [7, 11) is 0. The fourth-order valence-corrected chi connectivity index (χ4v) is 2.08. The molecule has 0 unspecified atom stereocenters. The van der Waals surface area contributed by atoms with Crippen LogP contribution in [0.2, 0.25) is 10.0 Å². The van der Waals surface area contributed by atoms with Gasteiger partial charge in [0.1, 0.15) is 0 Å². The van der Waals surface area contributed by atoms with Crippen LogP contribution in [0, 0.1) is 29.1 Å². The number of hydrogen-bond donors (Lipinski definition) is 1. The molecule has 0 aliphatic carbocycles. The van der Waals surface area contributed by atoms with E-state index in [1.54, 1.807) is 0 Å². The minimum atomic E-state index is -2.25. The maximum Gasteiger partial charge on any atom is 0.200 e. The first-order valence-electron chi connectivity index (χ1n) is 5.02. The minimum absolute atomic E-state index is 0.0115. The number of nitrogen functional groups attached to an aromatic ring is 1. The Kier molecular flexibility index (Phi) is 3.80. The van der Waals surface area contributed by atoms with Crippen molar-refractivity contribution in [2.75, 3.05) is 5.73 Å². The molecule has 0 atom stereocenters. The van der Waals surface area contributed by atoms with Crippen LogP contribution in [0.3, 0.4) is 0 Å². The Morgan fingerprint density at radius 1 is 0.700 bits per heavy atom. The molecule has 0 bridgehead atoms. The van der Waals surface area contributed by atoms with Gasteiger partial charge in [-0.05, 0) is 12.1 Å². The molecule has 0 radical (unpaired) electrons. The summed E-state index contributed by atoms with van der Waals surface area (Å²) in [4.78, 5) is 0. The van der Waals surface area contributed by atoms with E-state index in [1.165, 1.54) is 0 Å². The molecular weight excluding hydrogens is 324 g/mol. The molecule has 2 aromatic rings. The first kappa shape index (κ1) is 14.9. The third-order valence-corrected chi connectivity index (χ3v) is 3.21. The van der Waals surface area contributed by atoms with Gasteiger partial charge in [-0.15, -0.1) is 0 Å². The largest absolute Gasteiger partial charge is 0.398 e. The van der Waals surface area contributed by atoms with Crippen LogP contribution in [0.1, 0.15) is 0 Å². The first-order chi connectivity index (χ1) is 9.25. The van der Waals surface area contributed by atoms with Crippen LogP contribution in [0.5, 0.6) is 0 Å². The van der Waals surface area contributed by atoms with E-state index in [2.05, 4.69) is 0 Å². The van der Waals surface area contributed by atoms with Crippen LogP contribution in [0.4, 0.5) is 27.6 Å². The lowest BCUT2D eigenvalue weighted by Gasteiger charge is -2.11. The van der Waals surface area contributed by atoms with Gasteiger partial charge < -0.3 is 5.73 Å². The van der Waals surface area contributed by atoms with Crippen molar-refractivity contribution in [1.82, 2.24) is 0 Å². The van der Waals surface area contributed by atoms with E-state index in [0.717, 1.165) is 12.1 Å². The van der Waals surface area contributed by atoms with Crippen molar-refractivity contribution in [3.8, 4) is 11.1 Å². The number of anilines is 1. The van der Waals surface area contributed by atoms with Crippen molar-refractivity contribution in [2.24, 2.45) is 0 Å². The predicted molar refractivity (Wildman–Crippen MR) is 66.1 cm³/mol. The molecule has 0 aromatic heterocycles. The Balaban J connectivity index is 2.87. The second-order valence-corrected chi connectivity index (χ2v) is 4.61. The summed E-state index contributed by atoms with van der Waals surface area (Å²) in [6.07, 6.45) is 0. The third-order valence-electron chi connectivity index (χ3n) is 2.57. The zero-order chi connectivity index (χ0) is 15.2. The lowest BCUT2D eigenvalue weighted by atomic mass is 10.0. The van der Waals surface area contributed by atoms with Crippen LogP contribution < -0.4 is 5.73 Å². The summed E-state index contributed by atoms with van der Waals surface area (Å²) in [5.74, 6) is -10.4. The molecule has 0 amide bonds. The summed E-state index contributed by atoms with van der Waals surface area (Å²) >= 11 is 11.3.